The minimum atomic E-state index is 0.445. The van der Waals surface area contributed by atoms with Crippen LogP contribution < -0.4 is 11.3 Å². The molecule has 1 heterocycles. The fraction of sp³-hybridized carbons (Fsp3) is 0.200. The molecule has 0 aliphatic carbocycles. The van der Waals surface area contributed by atoms with E-state index in [0.717, 1.165) is 5.56 Å². The van der Waals surface area contributed by atoms with Crippen molar-refractivity contribution >= 4 is 5.95 Å². The van der Waals surface area contributed by atoms with E-state index >= 15 is 0 Å². The number of nitrogen functional groups attached to an aromatic ring is 1. The molecule has 0 amide bonds. The normalized spacial score (nSPS) is 9.11. The van der Waals surface area contributed by atoms with Crippen LogP contribution in [-0.2, 0) is 0 Å². The summed E-state index contributed by atoms with van der Waals surface area (Å²) in [7, 11) is 0. The minimum Gasteiger partial charge on any atom is -0.292 e. The smallest absolute Gasteiger partial charge is 0.237 e. The van der Waals surface area contributed by atoms with Crippen molar-refractivity contribution in [2.24, 2.45) is 5.84 Å². The molecule has 0 aliphatic heterocycles. The molecule has 0 atom stereocenters. The number of nitrogens with two attached hydrogens (primary N) is 1. The van der Waals surface area contributed by atoms with E-state index in [-0.39, 0.29) is 0 Å². The predicted molar refractivity (Wildman–Crippen MR) is 34.6 cm³/mol. The molecule has 48 valence electrons. The molecule has 0 unspecified atom stereocenters. The number of rotatable bonds is 1. The molecule has 0 aliphatic rings. The van der Waals surface area contributed by atoms with Crippen molar-refractivity contribution in [3.8, 4) is 0 Å². The van der Waals surface area contributed by atoms with E-state index in [1.165, 1.54) is 0 Å². The van der Waals surface area contributed by atoms with Gasteiger partial charge in [-0.05, 0) is 12.5 Å². The highest BCUT2D eigenvalue weighted by atomic mass is 15.3. The lowest BCUT2D eigenvalue weighted by Crippen LogP contribution is -2.09. The molecule has 4 nitrogen and oxygen atoms in total. The van der Waals surface area contributed by atoms with Crippen LogP contribution in [0.25, 0.3) is 0 Å². The van der Waals surface area contributed by atoms with Gasteiger partial charge in [0.2, 0.25) is 5.95 Å². The first-order valence-electron chi connectivity index (χ1n) is 2.58. The van der Waals surface area contributed by atoms with Gasteiger partial charge in [0.1, 0.15) is 0 Å². The van der Waals surface area contributed by atoms with E-state index in [9.17, 15) is 0 Å². The molecule has 1 aromatic heterocycles. The number of aromatic nitrogens is 2. The van der Waals surface area contributed by atoms with Gasteiger partial charge in [-0.2, -0.15) is 0 Å². The van der Waals surface area contributed by atoms with Crippen LogP contribution >= 0.6 is 0 Å². The van der Waals surface area contributed by atoms with Crippen molar-refractivity contribution in [1.82, 2.24) is 9.97 Å². The highest BCUT2D eigenvalue weighted by molar-refractivity contribution is 5.21. The summed E-state index contributed by atoms with van der Waals surface area (Å²) in [6.45, 7) is 1.92. The van der Waals surface area contributed by atoms with Crippen LogP contribution in [-0.4, -0.2) is 9.97 Å². The lowest BCUT2D eigenvalue weighted by atomic mass is 10.4. The molecule has 0 bridgehead atoms. The highest BCUT2D eigenvalue weighted by Crippen LogP contribution is 1.94. The molecule has 9 heavy (non-hydrogen) atoms. The standard InChI is InChI=1S/C5H8N4/c1-4-2-7-5(9-6)8-3-4/h2-3H,6H2,1H3,(H,7,8,9). The summed E-state index contributed by atoms with van der Waals surface area (Å²) < 4.78 is 0. The maximum absolute atomic E-state index is 5.02. The second kappa shape index (κ2) is 2.41. The Morgan fingerprint density at radius 2 is 2.00 bits per heavy atom. The van der Waals surface area contributed by atoms with Crippen molar-refractivity contribution in [3.63, 3.8) is 0 Å². The van der Waals surface area contributed by atoms with Crippen molar-refractivity contribution in [1.29, 1.82) is 0 Å². The Bertz CT molecular complexity index is 181. The first-order chi connectivity index (χ1) is 4.33. The van der Waals surface area contributed by atoms with Gasteiger partial charge in [-0.3, -0.25) is 5.43 Å². The highest BCUT2D eigenvalue weighted by Gasteiger charge is 1.87. The van der Waals surface area contributed by atoms with Gasteiger partial charge in [0.15, 0.2) is 0 Å². The van der Waals surface area contributed by atoms with Crippen molar-refractivity contribution in [2.75, 3.05) is 5.43 Å². The molecular weight excluding hydrogens is 116 g/mol. The summed E-state index contributed by atoms with van der Waals surface area (Å²) in [6, 6.07) is 0. The fourth-order valence-electron chi connectivity index (χ4n) is 0.467. The molecule has 0 fully saturated rings. The van der Waals surface area contributed by atoms with E-state index in [4.69, 9.17) is 5.84 Å². The summed E-state index contributed by atoms with van der Waals surface area (Å²) in [5.41, 5.74) is 3.35. The zero-order chi connectivity index (χ0) is 6.69. The summed E-state index contributed by atoms with van der Waals surface area (Å²) in [5, 5.41) is 0. The largest absolute Gasteiger partial charge is 0.292 e. The second-order valence-electron chi connectivity index (χ2n) is 1.73. The first-order valence-corrected chi connectivity index (χ1v) is 2.58. The molecule has 0 spiro atoms. The third-order valence-electron chi connectivity index (χ3n) is 0.910. The summed E-state index contributed by atoms with van der Waals surface area (Å²) >= 11 is 0. The first kappa shape index (κ1) is 5.97. The number of nitrogens with zero attached hydrogens (tertiary/aromatic N) is 2. The second-order valence-corrected chi connectivity index (χ2v) is 1.73. The maximum Gasteiger partial charge on any atom is 0.237 e. The number of aryl methyl sites for hydroxylation is 1. The number of hydrogen-bond acceptors (Lipinski definition) is 4. The Morgan fingerprint density at radius 3 is 2.44 bits per heavy atom. The van der Waals surface area contributed by atoms with E-state index in [1.54, 1.807) is 12.4 Å². The van der Waals surface area contributed by atoms with Gasteiger partial charge in [-0.25, -0.2) is 15.8 Å². The maximum atomic E-state index is 5.02. The van der Waals surface area contributed by atoms with Gasteiger partial charge in [0, 0.05) is 12.4 Å². The molecule has 1 aromatic rings. The molecule has 0 radical (unpaired) electrons. The topological polar surface area (TPSA) is 63.8 Å². The average molecular weight is 124 g/mol. The molecule has 0 saturated heterocycles. The SMILES string of the molecule is Cc1cnc(NN)nc1. The van der Waals surface area contributed by atoms with Crippen LogP contribution in [0.15, 0.2) is 12.4 Å². The zero-order valence-electron chi connectivity index (χ0n) is 5.13. The Hall–Kier alpha value is -1.16. The van der Waals surface area contributed by atoms with Crippen LogP contribution in [0.3, 0.4) is 0 Å². The van der Waals surface area contributed by atoms with Gasteiger partial charge < -0.3 is 0 Å². The predicted octanol–water partition coefficient (Wildman–Crippen LogP) is 0.0706. The number of anilines is 1. The van der Waals surface area contributed by atoms with Gasteiger partial charge in [-0.15, -0.1) is 0 Å². The van der Waals surface area contributed by atoms with Crippen molar-refractivity contribution < 1.29 is 0 Å². The van der Waals surface area contributed by atoms with Crippen LogP contribution in [0, 0.1) is 6.92 Å². The Labute approximate surface area is 53.1 Å². The van der Waals surface area contributed by atoms with E-state index in [0.29, 0.717) is 5.95 Å². The van der Waals surface area contributed by atoms with Crippen LogP contribution in [0.5, 0.6) is 0 Å². The Kier molecular flexibility index (Phi) is 1.60. The quantitative estimate of drug-likeness (QED) is 0.411. The van der Waals surface area contributed by atoms with Gasteiger partial charge in [-0.1, -0.05) is 0 Å². The zero-order valence-corrected chi connectivity index (χ0v) is 5.13. The molecule has 0 saturated carbocycles. The summed E-state index contributed by atoms with van der Waals surface area (Å²) in [6.07, 6.45) is 3.39. The third kappa shape index (κ3) is 1.36. The van der Waals surface area contributed by atoms with Gasteiger partial charge in [0.25, 0.3) is 0 Å². The number of hydrazine groups is 1. The van der Waals surface area contributed by atoms with E-state index < -0.39 is 0 Å². The van der Waals surface area contributed by atoms with Gasteiger partial charge in [0.05, 0.1) is 0 Å². The van der Waals surface area contributed by atoms with Crippen molar-refractivity contribution in [3.05, 3.63) is 18.0 Å². The van der Waals surface area contributed by atoms with Gasteiger partial charge >= 0.3 is 0 Å². The fourth-order valence-corrected chi connectivity index (χ4v) is 0.467. The van der Waals surface area contributed by atoms with E-state index in [1.807, 2.05) is 6.92 Å². The minimum absolute atomic E-state index is 0.445. The molecule has 0 aromatic carbocycles. The number of nitrogens with one attached hydrogen (secondary N) is 1. The Balaban J connectivity index is 2.88. The lowest BCUT2D eigenvalue weighted by Gasteiger charge is -1.94. The van der Waals surface area contributed by atoms with Crippen LogP contribution in [0.1, 0.15) is 5.56 Å². The Morgan fingerprint density at radius 1 is 1.44 bits per heavy atom. The average Bonchev–Trinajstić information content (AvgIpc) is 1.90. The molecule has 4 heteroatoms. The molecule has 1 rings (SSSR count). The molecular formula is C5H8N4. The van der Waals surface area contributed by atoms with Crippen molar-refractivity contribution in [2.45, 2.75) is 6.92 Å². The molecule has 3 N–H and O–H groups in total. The number of hydrogen-bond donors (Lipinski definition) is 2. The van der Waals surface area contributed by atoms with E-state index in [2.05, 4.69) is 15.4 Å². The lowest BCUT2D eigenvalue weighted by molar-refractivity contribution is 1.09. The third-order valence-corrected chi connectivity index (χ3v) is 0.910. The van der Waals surface area contributed by atoms with Crippen LogP contribution in [0.4, 0.5) is 5.95 Å². The van der Waals surface area contributed by atoms with Crippen LogP contribution in [0.2, 0.25) is 0 Å². The summed E-state index contributed by atoms with van der Waals surface area (Å²) in [5.74, 6) is 5.47. The summed E-state index contributed by atoms with van der Waals surface area (Å²) in [4.78, 5) is 7.70. The monoisotopic (exact) mass is 124 g/mol.